The van der Waals surface area contributed by atoms with Gasteiger partial charge in [0.1, 0.15) is 23.9 Å². The molecule has 1 amide bonds. The molecule has 0 heterocycles. The topological polar surface area (TPSA) is 69.2 Å². The monoisotopic (exact) mass is 474 g/mol. The quantitative estimate of drug-likeness (QED) is 0.257. The molecule has 1 N–H and O–H groups in total. The summed E-state index contributed by atoms with van der Waals surface area (Å²) in [5.74, 6) is 1.25. The first-order chi connectivity index (χ1) is 16.6. The zero-order valence-electron chi connectivity index (χ0n) is 18.7. The Labute approximate surface area is 202 Å². The summed E-state index contributed by atoms with van der Waals surface area (Å²) in [6, 6.07) is 24.2. The third-order valence-electron chi connectivity index (χ3n) is 5.25. The predicted octanol–water partition coefficient (Wildman–Crippen LogP) is 5.85. The molecule has 0 spiro atoms. The summed E-state index contributed by atoms with van der Waals surface area (Å²) >= 11 is 6.27. The molecule has 0 aliphatic heterocycles. The fraction of sp³-hybridized carbons (Fsp3) is 0.111. The van der Waals surface area contributed by atoms with Crippen LogP contribution in [0.15, 0.2) is 84.0 Å². The minimum Gasteiger partial charge on any atom is -0.497 e. The van der Waals surface area contributed by atoms with Crippen molar-refractivity contribution in [1.29, 1.82) is 0 Å². The van der Waals surface area contributed by atoms with E-state index in [1.165, 1.54) is 14.2 Å². The fourth-order valence-electron chi connectivity index (χ4n) is 3.46. The van der Waals surface area contributed by atoms with E-state index in [1.807, 2.05) is 60.7 Å². The van der Waals surface area contributed by atoms with Gasteiger partial charge in [0.25, 0.3) is 5.91 Å². The first kappa shape index (κ1) is 23.1. The van der Waals surface area contributed by atoms with Gasteiger partial charge in [0.15, 0.2) is 0 Å². The van der Waals surface area contributed by atoms with Crippen molar-refractivity contribution in [2.24, 2.45) is 5.10 Å². The highest BCUT2D eigenvalue weighted by Gasteiger charge is 2.11. The molecule has 34 heavy (non-hydrogen) atoms. The van der Waals surface area contributed by atoms with Gasteiger partial charge >= 0.3 is 0 Å². The highest BCUT2D eigenvalue weighted by molar-refractivity contribution is 6.31. The van der Waals surface area contributed by atoms with Crippen molar-refractivity contribution < 1.29 is 19.0 Å². The van der Waals surface area contributed by atoms with E-state index in [2.05, 4.69) is 10.5 Å². The summed E-state index contributed by atoms with van der Waals surface area (Å²) < 4.78 is 16.6. The number of methoxy groups -OCH3 is 2. The Kier molecular flexibility index (Phi) is 7.30. The molecule has 0 saturated carbocycles. The average molecular weight is 475 g/mol. The average Bonchev–Trinajstić information content (AvgIpc) is 2.88. The summed E-state index contributed by atoms with van der Waals surface area (Å²) in [6.45, 7) is 0.300. The summed E-state index contributed by atoms with van der Waals surface area (Å²) in [6.07, 6.45) is 1.58. The van der Waals surface area contributed by atoms with Gasteiger partial charge in [-0.1, -0.05) is 60.1 Å². The molecule has 172 valence electrons. The first-order valence-electron chi connectivity index (χ1n) is 10.5. The Morgan fingerprint density at radius 3 is 2.38 bits per heavy atom. The van der Waals surface area contributed by atoms with Gasteiger partial charge < -0.3 is 14.2 Å². The third kappa shape index (κ3) is 5.30. The van der Waals surface area contributed by atoms with Crippen LogP contribution in [0.3, 0.4) is 0 Å². The van der Waals surface area contributed by atoms with E-state index in [9.17, 15) is 4.79 Å². The van der Waals surface area contributed by atoms with Crippen LogP contribution in [0.4, 0.5) is 0 Å². The molecule has 6 nitrogen and oxygen atoms in total. The minimum absolute atomic E-state index is 0.300. The number of rotatable bonds is 8. The number of hydrazone groups is 1. The van der Waals surface area contributed by atoms with E-state index in [-0.39, 0.29) is 0 Å². The lowest BCUT2D eigenvalue weighted by Gasteiger charge is -2.12. The molecule has 0 unspecified atom stereocenters. The van der Waals surface area contributed by atoms with Crippen LogP contribution in [0.5, 0.6) is 17.2 Å². The largest absolute Gasteiger partial charge is 0.497 e. The smallest absolute Gasteiger partial charge is 0.271 e. The Hall–Kier alpha value is -4.03. The number of fused-ring (bicyclic) bond motifs is 1. The van der Waals surface area contributed by atoms with Crippen molar-refractivity contribution >= 4 is 34.5 Å². The molecule has 4 aromatic carbocycles. The highest BCUT2D eigenvalue weighted by atomic mass is 35.5. The number of carbonyl (C=O) groups excluding carboxylic acids is 1. The van der Waals surface area contributed by atoms with Crippen LogP contribution in [0, 0.1) is 0 Å². The van der Waals surface area contributed by atoms with Crippen LogP contribution in [0.2, 0.25) is 5.02 Å². The van der Waals surface area contributed by atoms with E-state index < -0.39 is 5.91 Å². The molecule has 4 aromatic rings. The lowest BCUT2D eigenvalue weighted by Crippen LogP contribution is -2.18. The highest BCUT2D eigenvalue weighted by Crippen LogP contribution is 2.28. The fourth-order valence-corrected chi connectivity index (χ4v) is 3.65. The standard InChI is InChI=1S/C27H23ClN2O4/c1-32-21-13-20(14-22(15-21)33-2)27(31)30-29-16-24-23-9-5-3-7-18(23)11-12-26(24)34-17-19-8-4-6-10-25(19)28/h3-16H,17H2,1-2H3,(H,30,31)/b29-16-. The molecule has 0 aliphatic carbocycles. The van der Waals surface area contributed by atoms with Crippen molar-refractivity contribution in [1.82, 2.24) is 5.43 Å². The molecule has 0 radical (unpaired) electrons. The Balaban J connectivity index is 1.59. The summed E-state index contributed by atoms with van der Waals surface area (Å²) in [5.41, 5.74) is 4.55. The van der Waals surface area contributed by atoms with E-state index >= 15 is 0 Å². The van der Waals surface area contributed by atoms with Gasteiger partial charge in [-0.15, -0.1) is 0 Å². The molecular weight excluding hydrogens is 452 g/mol. The van der Waals surface area contributed by atoms with Crippen molar-refractivity contribution in [3.63, 3.8) is 0 Å². The van der Waals surface area contributed by atoms with E-state index in [1.54, 1.807) is 24.4 Å². The van der Waals surface area contributed by atoms with E-state index in [0.29, 0.717) is 34.4 Å². The summed E-state index contributed by atoms with van der Waals surface area (Å²) in [5, 5.41) is 6.81. The van der Waals surface area contributed by atoms with Gasteiger partial charge in [0.05, 0.1) is 20.4 Å². The molecule has 0 aromatic heterocycles. The van der Waals surface area contributed by atoms with Crippen LogP contribution < -0.4 is 19.6 Å². The number of carbonyl (C=O) groups is 1. The number of hydrogen-bond donors (Lipinski definition) is 1. The third-order valence-corrected chi connectivity index (χ3v) is 5.61. The number of halogens is 1. The zero-order chi connectivity index (χ0) is 23.9. The van der Waals surface area contributed by atoms with Gasteiger partial charge in [-0.25, -0.2) is 5.43 Å². The normalized spacial score (nSPS) is 10.9. The number of hydrogen-bond acceptors (Lipinski definition) is 5. The maximum atomic E-state index is 12.7. The van der Waals surface area contributed by atoms with Crippen LogP contribution in [-0.2, 0) is 6.61 Å². The van der Waals surface area contributed by atoms with Crippen LogP contribution in [0.1, 0.15) is 21.5 Å². The van der Waals surface area contributed by atoms with Gasteiger partial charge in [-0.05, 0) is 35.0 Å². The molecule has 0 atom stereocenters. The predicted molar refractivity (Wildman–Crippen MR) is 134 cm³/mol. The molecule has 0 saturated heterocycles. The van der Waals surface area contributed by atoms with Gasteiger partial charge in [-0.3, -0.25) is 4.79 Å². The number of nitrogens with zero attached hydrogens (tertiary/aromatic N) is 1. The van der Waals surface area contributed by atoms with E-state index in [4.69, 9.17) is 25.8 Å². The van der Waals surface area contributed by atoms with Gasteiger partial charge in [0.2, 0.25) is 0 Å². The zero-order valence-corrected chi connectivity index (χ0v) is 19.5. The molecule has 7 heteroatoms. The second-order valence-corrected chi connectivity index (χ2v) is 7.79. The SMILES string of the molecule is COc1cc(OC)cc(C(=O)N/N=C\c2c(OCc3ccccc3Cl)ccc3ccccc23)c1. The molecule has 0 aliphatic rings. The lowest BCUT2D eigenvalue weighted by atomic mass is 10.0. The van der Waals surface area contributed by atoms with Crippen LogP contribution in [-0.4, -0.2) is 26.3 Å². The maximum absolute atomic E-state index is 12.7. The first-order valence-corrected chi connectivity index (χ1v) is 10.9. The minimum atomic E-state index is -0.396. The Morgan fingerprint density at radius 1 is 0.941 bits per heavy atom. The Bertz CT molecular complexity index is 1330. The molecular formula is C27H23ClN2O4. The summed E-state index contributed by atoms with van der Waals surface area (Å²) in [4.78, 5) is 12.7. The van der Waals surface area contributed by atoms with Crippen LogP contribution in [0.25, 0.3) is 10.8 Å². The van der Waals surface area contributed by atoms with Crippen molar-refractivity contribution in [2.45, 2.75) is 6.61 Å². The Morgan fingerprint density at radius 2 is 1.65 bits per heavy atom. The van der Waals surface area contributed by atoms with Crippen molar-refractivity contribution in [2.75, 3.05) is 14.2 Å². The molecule has 0 fully saturated rings. The number of ether oxygens (including phenoxy) is 3. The maximum Gasteiger partial charge on any atom is 0.271 e. The van der Waals surface area contributed by atoms with Gasteiger partial charge in [0, 0.05) is 27.8 Å². The number of benzene rings is 4. The van der Waals surface area contributed by atoms with Crippen molar-refractivity contribution in [3.8, 4) is 17.2 Å². The lowest BCUT2D eigenvalue weighted by molar-refractivity contribution is 0.0954. The van der Waals surface area contributed by atoms with Gasteiger partial charge in [-0.2, -0.15) is 5.10 Å². The summed E-state index contributed by atoms with van der Waals surface area (Å²) in [7, 11) is 3.05. The van der Waals surface area contributed by atoms with Crippen molar-refractivity contribution in [3.05, 3.63) is 101 Å². The second-order valence-electron chi connectivity index (χ2n) is 7.38. The number of amides is 1. The number of nitrogens with one attached hydrogen (secondary N) is 1. The van der Waals surface area contributed by atoms with Crippen LogP contribution >= 0.6 is 11.6 Å². The molecule has 4 rings (SSSR count). The molecule has 0 bridgehead atoms. The van der Waals surface area contributed by atoms with E-state index in [0.717, 1.165) is 21.9 Å². The second kappa shape index (κ2) is 10.7.